The van der Waals surface area contributed by atoms with Gasteiger partial charge in [-0.3, -0.25) is 0 Å². The van der Waals surface area contributed by atoms with Crippen molar-refractivity contribution in [1.82, 2.24) is 0 Å². The number of aliphatic hydroxyl groups excluding tert-OH is 1. The molecule has 5 rings (SSSR count). The maximum Gasteiger partial charge on any atom is 0.115 e. The van der Waals surface area contributed by atoms with Gasteiger partial charge in [-0.1, -0.05) is 123 Å². The lowest BCUT2D eigenvalue weighted by Gasteiger charge is -2.45. The molecule has 0 spiro atoms. The first-order chi connectivity index (χ1) is 19.3. The third kappa shape index (κ3) is 8.23. The summed E-state index contributed by atoms with van der Waals surface area (Å²) in [6, 6.07) is 30.4. The molecule has 1 heterocycles. The van der Waals surface area contributed by atoms with Gasteiger partial charge in [0.1, 0.15) is 24.4 Å². The van der Waals surface area contributed by atoms with Crippen molar-refractivity contribution >= 4 is 0 Å². The van der Waals surface area contributed by atoms with Gasteiger partial charge in [0.15, 0.2) is 0 Å². The number of aliphatic hydroxyl groups is 1. The second-order valence-electron chi connectivity index (χ2n) is 11.0. The molecule has 1 N–H and O–H groups in total. The lowest BCUT2D eigenvalue weighted by Crippen LogP contribution is -2.60. The molecule has 2 fully saturated rings. The van der Waals surface area contributed by atoms with Crippen LogP contribution in [0.5, 0.6) is 0 Å². The molecule has 5 atom stereocenters. The van der Waals surface area contributed by atoms with Crippen molar-refractivity contribution in [2.45, 2.75) is 88.9 Å². The van der Waals surface area contributed by atoms with Crippen molar-refractivity contribution in [2.75, 3.05) is 6.61 Å². The van der Waals surface area contributed by atoms with E-state index in [2.05, 4.69) is 12.1 Å². The van der Waals surface area contributed by atoms with E-state index in [1.54, 1.807) is 0 Å². The van der Waals surface area contributed by atoms with Crippen LogP contribution in [-0.4, -0.2) is 42.2 Å². The minimum Gasteiger partial charge on any atom is -0.388 e. The van der Waals surface area contributed by atoms with Gasteiger partial charge in [-0.05, 0) is 29.0 Å². The summed E-state index contributed by atoms with van der Waals surface area (Å²) >= 11 is 0. The van der Waals surface area contributed by atoms with E-state index in [4.69, 9.17) is 18.9 Å². The molecular formula is C34H42O5. The van der Waals surface area contributed by atoms with E-state index in [9.17, 15) is 5.11 Å². The second-order valence-corrected chi connectivity index (χ2v) is 11.0. The molecule has 3 aromatic carbocycles. The van der Waals surface area contributed by atoms with Gasteiger partial charge < -0.3 is 24.1 Å². The summed E-state index contributed by atoms with van der Waals surface area (Å²) in [6.07, 6.45) is 4.63. The highest BCUT2D eigenvalue weighted by molar-refractivity contribution is 5.15. The Morgan fingerprint density at radius 2 is 1.13 bits per heavy atom. The summed E-state index contributed by atoms with van der Waals surface area (Å²) in [5, 5.41) is 11.7. The maximum absolute atomic E-state index is 11.7. The summed E-state index contributed by atoms with van der Waals surface area (Å²) in [4.78, 5) is 0. The minimum atomic E-state index is -0.776. The molecule has 3 aromatic rings. The summed E-state index contributed by atoms with van der Waals surface area (Å²) < 4.78 is 25.8. The SMILES string of the molecule is O[C@@H]1[C@@H](OCc2ccccc2)[C@H](OCc2ccccc2)[C@@H](COCc2ccccc2)O[C@@H]1CC1CCCCC1. The molecule has 0 radical (unpaired) electrons. The van der Waals surface area contributed by atoms with E-state index in [1.807, 2.05) is 78.9 Å². The lowest BCUT2D eigenvalue weighted by atomic mass is 9.82. The molecule has 2 aliphatic rings. The third-order valence-corrected chi connectivity index (χ3v) is 8.01. The second kappa shape index (κ2) is 14.7. The molecule has 0 aromatic heterocycles. The Labute approximate surface area is 233 Å². The summed E-state index contributed by atoms with van der Waals surface area (Å²) in [5.74, 6) is 0.570. The van der Waals surface area contributed by atoms with E-state index in [0.29, 0.717) is 32.3 Å². The summed E-state index contributed by atoms with van der Waals surface area (Å²) in [6.45, 7) is 1.68. The molecule has 0 bridgehead atoms. The first-order valence-electron chi connectivity index (χ1n) is 14.5. The Morgan fingerprint density at radius 1 is 0.615 bits per heavy atom. The highest BCUT2D eigenvalue weighted by atomic mass is 16.6. The van der Waals surface area contributed by atoms with Gasteiger partial charge in [0, 0.05) is 0 Å². The monoisotopic (exact) mass is 530 g/mol. The van der Waals surface area contributed by atoms with Crippen LogP contribution in [0.1, 0.15) is 55.2 Å². The number of hydrogen-bond donors (Lipinski definition) is 1. The number of ether oxygens (including phenoxy) is 4. The maximum atomic E-state index is 11.7. The van der Waals surface area contributed by atoms with E-state index >= 15 is 0 Å². The van der Waals surface area contributed by atoms with Crippen LogP contribution in [0.3, 0.4) is 0 Å². The number of benzene rings is 3. The molecule has 5 nitrogen and oxygen atoms in total. The van der Waals surface area contributed by atoms with E-state index < -0.39 is 18.3 Å². The molecule has 5 heteroatoms. The zero-order valence-electron chi connectivity index (χ0n) is 22.8. The van der Waals surface area contributed by atoms with Gasteiger partial charge >= 0.3 is 0 Å². The molecule has 0 unspecified atom stereocenters. The molecule has 1 aliphatic heterocycles. The van der Waals surface area contributed by atoms with Crippen LogP contribution < -0.4 is 0 Å². The molecule has 1 saturated heterocycles. The van der Waals surface area contributed by atoms with Crippen molar-refractivity contribution in [1.29, 1.82) is 0 Å². The van der Waals surface area contributed by atoms with Gasteiger partial charge in [-0.15, -0.1) is 0 Å². The van der Waals surface area contributed by atoms with Crippen molar-refractivity contribution in [3.63, 3.8) is 0 Å². The van der Waals surface area contributed by atoms with Crippen LogP contribution in [-0.2, 0) is 38.8 Å². The van der Waals surface area contributed by atoms with Gasteiger partial charge in [-0.25, -0.2) is 0 Å². The predicted molar refractivity (Wildman–Crippen MR) is 152 cm³/mol. The topological polar surface area (TPSA) is 57.2 Å². The zero-order chi connectivity index (χ0) is 26.7. The predicted octanol–water partition coefficient (Wildman–Crippen LogP) is 6.47. The van der Waals surface area contributed by atoms with Gasteiger partial charge in [0.25, 0.3) is 0 Å². The van der Waals surface area contributed by atoms with Crippen molar-refractivity contribution in [3.8, 4) is 0 Å². The Bertz CT molecular complexity index is 1070. The fourth-order valence-electron chi connectivity index (χ4n) is 5.88. The van der Waals surface area contributed by atoms with Gasteiger partial charge in [0.2, 0.25) is 0 Å². The van der Waals surface area contributed by atoms with E-state index in [-0.39, 0.29) is 12.2 Å². The quantitative estimate of drug-likeness (QED) is 0.291. The summed E-state index contributed by atoms with van der Waals surface area (Å²) in [7, 11) is 0. The normalized spacial score (nSPS) is 25.9. The van der Waals surface area contributed by atoms with Crippen molar-refractivity contribution in [2.24, 2.45) is 5.92 Å². The Hall–Kier alpha value is -2.54. The Balaban J connectivity index is 1.34. The Kier molecular flexibility index (Phi) is 10.6. The molecule has 1 aliphatic carbocycles. The lowest BCUT2D eigenvalue weighted by molar-refractivity contribution is -0.264. The molecule has 0 amide bonds. The van der Waals surface area contributed by atoms with E-state index in [0.717, 1.165) is 23.1 Å². The van der Waals surface area contributed by atoms with Gasteiger partial charge in [0.05, 0.1) is 32.5 Å². The minimum absolute atomic E-state index is 0.309. The third-order valence-electron chi connectivity index (χ3n) is 8.01. The van der Waals surface area contributed by atoms with Crippen molar-refractivity contribution < 1.29 is 24.1 Å². The number of rotatable bonds is 12. The molecular weight excluding hydrogens is 488 g/mol. The first kappa shape index (κ1) is 28.0. The molecule has 39 heavy (non-hydrogen) atoms. The number of hydrogen-bond acceptors (Lipinski definition) is 5. The Morgan fingerprint density at radius 3 is 1.69 bits per heavy atom. The largest absolute Gasteiger partial charge is 0.388 e. The summed E-state index contributed by atoms with van der Waals surface area (Å²) in [5.41, 5.74) is 3.26. The van der Waals surface area contributed by atoms with Gasteiger partial charge in [-0.2, -0.15) is 0 Å². The zero-order valence-corrected chi connectivity index (χ0v) is 22.8. The molecule has 208 valence electrons. The standard InChI is InChI=1S/C34H42O5/c35-32-30(21-26-13-5-1-6-14-26)39-31(25-36-22-27-15-7-2-8-16-27)33(37-23-28-17-9-3-10-18-28)34(32)38-24-29-19-11-4-12-20-29/h2-4,7-12,15-20,26,30-35H,1,5-6,13-14,21-25H2/t30-,31-,32+,33-,34-/m1/s1. The van der Waals surface area contributed by atoms with Crippen LogP contribution in [0, 0.1) is 5.92 Å². The van der Waals surface area contributed by atoms with Crippen LogP contribution in [0.4, 0.5) is 0 Å². The fraction of sp³-hybridized carbons (Fsp3) is 0.471. The highest BCUT2D eigenvalue weighted by Crippen LogP contribution is 2.35. The van der Waals surface area contributed by atoms with Crippen LogP contribution in [0.25, 0.3) is 0 Å². The van der Waals surface area contributed by atoms with Crippen LogP contribution in [0.2, 0.25) is 0 Å². The fourth-order valence-corrected chi connectivity index (χ4v) is 5.88. The average molecular weight is 531 g/mol. The van der Waals surface area contributed by atoms with Crippen LogP contribution >= 0.6 is 0 Å². The van der Waals surface area contributed by atoms with Crippen molar-refractivity contribution in [3.05, 3.63) is 108 Å². The smallest absolute Gasteiger partial charge is 0.115 e. The first-order valence-corrected chi connectivity index (χ1v) is 14.5. The molecule has 1 saturated carbocycles. The average Bonchev–Trinajstić information content (AvgIpc) is 2.99. The van der Waals surface area contributed by atoms with Crippen LogP contribution in [0.15, 0.2) is 91.0 Å². The van der Waals surface area contributed by atoms with E-state index in [1.165, 1.54) is 32.1 Å². The highest BCUT2D eigenvalue weighted by Gasteiger charge is 2.47.